The standard InChI is InChI=1S/C14H11ClF2N4O3/c1-6-18-19-10-5-21(9(14(23)24)4-20(6)10)13(22)7-2-3-8(16)11(15)12(7)17/h2-3,9H,4-5H2,1H3,(H,23,24). The number of carbonyl (C=O) groups excluding carboxylic acids is 1. The molecule has 24 heavy (non-hydrogen) atoms. The third-order valence-electron chi connectivity index (χ3n) is 3.87. The molecule has 7 nitrogen and oxygen atoms in total. The van der Waals surface area contributed by atoms with Gasteiger partial charge < -0.3 is 14.6 Å². The number of hydrogen-bond acceptors (Lipinski definition) is 4. The maximum absolute atomic E-state index is 14.1. The third-order valence-corrected chi connectivity index (χ3v) is 4.21. The van der Waals surface area contributed by atoms with Gasteiger partial charge in [0, 0.05) is 0 Å². The number of hydrogen-bond donors (Lipinski definition) is 1. The Balaban J connectivity index is 2.02. The molecular weight excluding hydrogens is 346 g/mol. The summed E-state index contributed by atoms with van der Waals surface area (Å²) in [5, 5.41) is 16.3. The molecule has 1 unspecified atom stereocenters. The molecule has 1 aromatic carbocycles. The minimum absolute atomic E-state index is 0.0637. The van der Waals surface area contributed by atoms with Crippen molar-refractivity contribution in [2.45, 2.75) is 26.1 Å². The summed E-state index contributed by atoms with van der Waals surface area (Å²) in [6.07, 6.45) is 0. The maximum Gasteiger partial charge on any atom is 0.328 e. The Kier molecular flexibility index (Phi) is 3.96. The fraction of sp³-hybridized carbons (Fsp3) is 0.286. The summed E-state index contributed by atoms with van der Waals surface area (Å²) >= 11 is 5.49. The molecule has 2 heterocycles. The largest absolute Gasteiger partial charge is 0.480 e. The smallest absolute Gasteiger partial charge is 0.328 e. The van der Waals surface area contributed by atoms with E-state index in [0.29, 0.717) is 11.6 Å². The molecule has 0 fully saturated rings. The Labute approximate surface area is 139 Å². The summed E-state index contributed by atoms with van der Waals surface area (Å²) in [5.74, 6) is -3.50. The van der Waals surface area contributed by atoms with Crippen LogP contribution in [-0.4, -0.2) is 42.7 Å². The molecule has 3 rings (SSSR count). The van der Waals surface area contributed by atoms with Gasteiger partial charge in [0.25, 0.3) is 5.91 Å². The van der Waals surface area contributed by atoms with Crippen molar-refractivity contribution in [2.75, 3.05) is 0 Å². The molecule has 1 aliphatic heterocycles. The normalized spacial score (nSPS) is 16.8. The van der Waals surface area contributed by atoms with Crippen LogP contribution in [0.2, 0.25) is 5.02 Å². The van der Waals surface area contributed by atoms with Gasteiger partial charge >= 0.3 is 5.97 Å². The van der Waals surface area contributed by atoms with E-state index in [9.17, 15) is 23.5 Å². The zero-order valence-corrected chi connectivity index (χ0v) is 13.1. The molecule has 0 spiro atoms. The molecule has 0 saturated heterocycles. The lowest BCUT2D eigenvalue weighted by Crippen LogP contribution is -2.51. The number of benzene rings is 1. The van der Waals surface area contributed by atoms with Gasteiger partial charge in [-0.15, -0.1) is 10.2 Å². The number of amides is 1. The van der Waals surface area contributed by atoms with Crippen LogP contribution in [0.3, 0.4) is 0 Å². The number of aryl methyl sites for hydroxylation is 1. The van der Waals surface area contributed by atoms with E-state index in [4.69, 9.17) is 11.6 Å². The molecule has 1 N–H and O–H groups in total. The first kappa shape index (κ1) is 16.3. The van der Waals surface area contributed by atoms with Crippen LogP contribution in [0.1, 0.15) is 22.0 Å². The molecule has 1 aromatic heterocycles. The van der Waals surface area contributed by atoms with Gasteiger partial charge in [0.15, 0.2) is 11.6 Å². The van der Waals surface area contributed by atoms with E-state index in [1.165, 1.54) is 0 Å². The van der Waals surface area contributed by atoms with Gasteiger partial charge in [-0.3, -0.25) is 4.79 Å². The molecule has 0 saturated carbocycles. The van der Waals surface area contributed by atoms with Crippen LogP contribution in [0, 0.1) is 18.6 Å². The fourth-order valence-corrected chi connectivity index (χ4v) is 2.75. The highest BCUT2D eigenvalue weighted by atomic mass is 35.5. The number of aliphatic carboxylic acids is 1. The molecule has 1 amide bonds. The number of fused-ring (bicyclic) bond motifs is 1. The van der Waals surface area contributed by atoms with Crippen molar-refractivity contribution in [1.29, 1.82) is 0 Å². The third kappa shape index (κ3) is 2.50. The summed E-state index contributed by atoms with van der Waals surface area (Å²) in [6, 6.07) is 0.552. The van der Waals surface area contributed by atoms with Crippen molar-refractivity contribution in [3.05, 3.63) is 46.0 Å². The van der Waals surface area contributed by atoms with Gasteiger partial charge in [0.05, 0.1) is 18.7 Å². The van der Waals surface area contributed by atoms with Crippen LogP contribution < -0.4 is 0 Å². The monoisotopic (exact) mass is 356 g/mol. The first-order chi connectivity index (χ1) is 11.3. The van der Waals surface area contributed by atoms with E-state index < -0.39 is 40.1 Å². The molecule has 0 aliphatic carbocycles. The Morgan fingerprint density at radius 3 is 2.71 bits per heavy atom. The second kappa shape index (κ2) is 5.82. The van der Waals surface area contributed by atoms with Crippen molar-refractivity contribution in [3.63, 3.8) is 0 Å². The summed E-state index contributed by atoms with van der Waals surface area (Å²) in [6.45, 7) is 1.43. The van der Waals surface area contributed by atoms with Gasteiger partial charge in [0.1, 0.15) is 22.7 Å². The van der Waals surface area contributed by atoms with Crippen molar-refractivity contribution in [1.82, 2.24) is 19.7 Å². The van der Waals surface area contributed by atoms with Crippen LogP contribution in [-0.2, 0) is 17.9 Å². The second-order valence-electron chi connectivity index (χ2n) is 5.28. The number of carbonyl (C=O) groups is 2. The molecule has 2 aromatic rings. The van der Waals surface area contributed by atoms with E-state index in [0.717, 1.165) is 17.0 Å². The van der Waals surface area contributed by atoms with Gasteiger partial charge in [-0.1, -0.05) is 11.6 Å². The lowest BCUT2D eigenvalue weighted by molar-refractivity contribution is -0.143. The summed E-state index contributed by atoms with van der Waals surface area (Å²) in [5.41, 5.74) is -0.502. The summed E-state index contributed by atoms with van der Waals surface area (Å²) in [7, 11) is 0. The van der Waals surface area contributed by atoms with Crippen molar-refractivity contribution >= 4 is 23.5 Å². The van der Waals surface area contributed by atoms with Crippen LogP contribution >= 0.6 is 11.6 Å². The molecule has 0 bridgehead atoms. The molecule has 10 heteroatoms. The molecule has 126 valence electrons. The minimum Gasteiger partial charge on any atom is -0.480 e. The quantitative estimate of drug-likeness (QED) is 0.826. The van der Waals surface area contributed by atoms with Crippen LogP contribution in [0.4, 0.5) is 8.78 Å². The predicted octanol–water partition coefficient (Wildman–Crippen LogP) is 1.63. The number of rotatable bonds is 2. The SMILES string of the molecule is Cc1nnc2n1CC(C(=O)O)N(C(=O)c1ccc(F)c(Cl)c1F)C2. The second-order valence-corrected chi connectivity index (χ2v) is 5.66. The van der Waals surface area contributed by atoms with Crippen LogP contribution in [0.25, 0.3) is 0 Å². The number of aromatic nitrogens is 3. The Morgan fingerprint density at radius 1 is 1.33 bits per heavy atom. The summed E-state index contributed by atoms with van der Waals surface area (Å²) in [4.78, 5) is 25.1. The number of nitrogens with zero attached hydrogens (tertiary/aromatic N) is 4. The van der Waals surface area contributed by atoms with Gasteiger partial charge in [-0.2, -0.15) is 0 Å². The van der Waals surface area contributed by atoms with Crippen molar-refractivity contribution in [2.24, 2.45) is 0 Å². The van der Waals surface area contributed by atoms with Crippen LogP contribution in [0.15, 0.2) is 12.1 Å². The zero-order chi connectivity index (χ0) is 17.6. The van der Waals surface area contributed by atoms with Gasteiger partial charge in [0.2, 0.25) is 0 Å². The van der Waals surface area contributed by atoms with Crippen LogP contribution in [0.5, 0.6) is 0 Å². The van der Waals surface area contributed by atoms with Gasteiger partial charge in [-0.25, -0.2) is 13.6 Å². The number of halogens is 3. The molecule has 1 aliphatic rings. The van der Waals surface area contributed by atoms with Crippen molar-refractivity contribution in [3.8, 4) is 0 Å². The highest BCUT2D eigenvalue weighted by Crippen LogP contribution is 2.26. The summed E-state index contributed by atoms with van der Waals surface area (Å²) < 4.78 is 28.9. The highest BCUT2D eigenvalue weighted by molar-refractivity contribution is 6.31. The van der Waals surface area contributed by atoms with E-state index in [1.54, 1.807) is 11.5 Å². The molecule has 1 atom stereocenters. The number of carboxylic acid groups (broad SMARTS) is 1. The lowest BCUT2D eigenvalue weighted by Gasteiger charge is -2.33. The van der Waals surface area contributed by atoms with E-state index >= 15 is 0 Å². The zero-order valence-electron chi connectivity index (χ0n) is 12.3. The maximum atomic E-state index is 14.1. The van der Waals surface area contributed by atoms with E-state index in [2.05, 4.69) is 10.2 Å². The first-order valence-electron chi connectivity index (χ1n) is 6.87. The Morgan fingerprint density at radius 2 is 2.04 bits per heavy atom. The van der Waals surface area contributed by atoms with Crippen molar-refractivity contribution < 1.29 is 23.5 Å². The Hall–Kier alpha value is -2.55. The average Bonchev–Trinajstić information content (AvgIpc) is 2.91. The average molecular weight is 357 g/mol. The van der Waals surface area contributed by atoms with Gasteiger partial charge in [-0.05, 0) is 19.1 Å². The molecular formula is C14H11ClF2N4O3. The minimum atomic E-state index is -1.25. The predicted molar refractivity (Wildman–Crippen MR) is 77.4 cm³/mol. The fourth-order valence-electron chi connectivity index (χ4n) is 2.58. The lowest BCUT2D eigenvalue weighted by atomic mass is 10.1. The number of carboxylic acids is 1. The van der Waals surface area contributed by atoms with E-state index in [-0.39, 0.29) is 13.1 Å². The molecule has 0 radical (unpaired) electrons. The Bertz CT molecular complexity index is 855. The topological polar surface area (TPSA) is 88.3 Å². The highest BCUT2D eigenvalue weighted by Gasteiger charge is 2.37. The van der Waals surface area contributed by atoms with E-state index in [1.807, 2.05) is 0 Å². The first-order valence-corrected chi connectivity index (χ1v) is 7.25.